The van der Waals surface area contributed by atoms with Gasteiger partial charge < -0.3 is 10.6 Å². The normalized spacial score (nSPS) is 20.8. The van der Waals surface area contributed by atoms with Crippen LogP contribution < -0.4 is 10.6 Å². The van der Waals surface area contributed by atoms with Gasteiger partial charge in [0.2, 0.25) is 10.1 Å². The predicted octanol–water partition coefficient (Wildman–Crippen LogP) is 2.11. The minimum Gasteiger partial charge on any atom is -0.360 e. The number of nitrogens with zero attached hydrogens (tertiary/aromatic N) is 2. The van der Waals surface area contributed by atoms with Gasteiger partial charge in [-0.25, -0.2) is 0 Å². The van der Waals surface area contributed by atoms with Crippen molar-refractivity contribution in [2.45, 2.75) is 31.5 Å². The topological polar surface area (TPSA) is 49.8 Å². The van der Waals surface area contributed by atoms with E-state index in [4.69, 9.17) is 0 Å². The van der Waals surface area contributed by atoms with Gasteiger partial charge in [-0.1, -0.05) is 11.3 Å². The summed E-state index contributed by atoms with van der Waals surface area (Å²) in [6, 6.07) is 0.470. The van der Waals surface area contributed by atoms with Crippen LogP contribution in [0.3, 0.4) is 0 Å². The van der Waals surface area contributed by atoms with Crippen LogP contribution in [0.2, 0.25) is 0 Å². The van der Waals surface area contributed by atoms with Crippen molar-refractivity contribution in [1.82, 2.24) is 15.5 Å². The van der Waals surface area contributed by atoms with Crippen LogP contribution in [0.1, 0.15) is 24.3 Å². The molecule has 8 heteroatoms. The molecule has 17 heavy (non-hydrogen) atoms. The van der Waals surface area contributed by atoms with Crippen molar-refractivity contribution in [2.75, 3.05) is 18.4 Å². The smallest absolute Gasteiger partial charge is 0.360 e. The lowest BCUT2D eigenvalue weighted by Gasteiger charge is -2.09. The summed E-state index contributed by atoms with van der Waals surface area (Å²) in [4.78, 5) is 0. The van der Waals surface area contributed by atoms with Gasteiger partial charge in [0.05, 0.1) is 0 Å². The first-order valence-electron chi connectivity index (χ1n) is 5.43. The number of rotatable bonds is 4. The quantitative estimate of drug-likeness (QED) is 0.876. The number of halogens is 3. The summed E-state index contributed by atoms with van der Waals surface area (Å²) >= 11 is 0.544. The maximum absolute atomic E-state index is 12.2. The molecule has 1 aliphatic heterocycles. The minimum atomic E-state index is -4.40. The van der Waals surface area contributed by atoms with Crippen LogP contribution in [0.15, 0.2) is 0 Å². The van der Waals surface area contributed by atoms with Gasteiger partial charge in [0, 0.05) is 12.6 Å². The number of hydrogen-bond donors (Lipinski definition) is 2. The van der Waals surface area contributed by atoms with Crippen molar-refractivity contribution in [2.24, 2.45) is 0 Å². The molecule has 1 aliphatic rings. The van der Waals surface area contributed by atoms with Crippen molar-refractivity contribution in [3.63, 3.8) is 0 Å². The second-order valence-electron chi connectivity index (χ2n) is 3.92. The van der Waals surface area contributed by atoms with Crippen LogP contribution in [-0.4, -0.2) is 29.3 Å². The van der Waals surface area contributed by atoms with Crippen LogP contribution in [0.25, 0.3) is 0 Å². The monoisotopic (exact) mass is 266 g/mol. The van der Waals surface area contributed by atoms with Gasteiger partial charge in [-0.2, -0.15) is 13.2 Å². The van der Waals surface area contributed by atoms with Gasteiger partial charge >= 0.3 is 6.18 Å². The molecule has 0 saturated carbocycles. The fraction of sp³-hybridized carbons (Fsp3) is 0.778. The average molecular weight is 266 g/mol. The Kier molecular flexibility index (Phi) is 3.82. The summed E-state index contributed by atoms with van der Waals surface area (Å²) in [7, 11) is 0. The second kappa shape index (κ2) is 5.18. The molecule has 2 heterocycles. The Morgan fingerprint density at radius 2 is 2.24 bits per heavy atom. The fourth-order valence-corrected chi connectivity index (χ4v) is 2.40. The molecular weight excluding hydrogens is 253 g/mol. The average Bonchev–Trinajstić information content (AvgIpc) is 2.86. The zero-order valence-electron chi connectivity index (χ0n) is 9.05. The van der Waals surface area contributed by atoms with Crippen molar-refractivity contribution < 1.29 is 13.2 Å². The Balaban J connectivity index is 1.77. The minimum absolute atomic E-state index is 0.232. The van der Waals surface area contributed by atoms with Crippen LogP contribution in [0, 0.1) is 0 Å². The van der Waals surface area contributed by atoms with Crippen molar-refractivity contribution in [1.29, 1.82) is 0 Å². The summed E-state index contributed by atoms with van der Waals surface area (Å²) in [5.74, 6) is 0. The third-order valence-electron chi connectivity index (χ3n) is 2.60. The lowest BCUT2D eigenvalue weighted by Crippen LogP contribution is -2.24. The number of anilines is 1. The predicted molar refractivity (Wildman–Crippen MR) is 59.0 cm³/mol. The van der Waals surface area contributed by atoms with E-state index in [1.165, 1.54) is 6.42 Å². The van der Waals surface area contributed by atoms with Crippen LogP contribution in [-0.2, 0) is 6.18 Å². The molecule has 0 spiro atoms. The maximum atomic E-state index is 12.2. The Morgan fingerprint density at radius 3 is 2.82 bits per heavy atom. The molecule has 1 fully saturated rings. The van der Waals surface area contributed by atoms with Crippen molar-refractivity contribution in [3.05, 3.63) is 5.01 Å². The number of aromatic nitrogens is 2. The highest BCUT2D eigenvalue weighted by molar-refractivity contribution is 7.15. The molecule has 1 aromatic heterocycles. The van der Waals surface area contributed by atoms with Crippen LogP contribution in [0.5, 0.6) is 0 Å². The third kappa shape index (κ3) is 3.53. The molecule has 4 nitrogen and oxygen atoms in total. The van der Waals surface area contributed by atoms with Gasteiger partial charge in [0.1, 0.15) is 0 Å². The Hall–Kier alpha value is -0.890. The number of hydrogen-bond acceptors (Lipinski definition) is 5. The summed E-state index contributed by atoms with van der Waals surface area (Å²) in [5.41, 5.74) is 0. The lowest BCUT2D eigenvalue weighted by atomic mass is 10.2. The van der Waals surface area contributed by atoms with E-state index in [0.717, 1.165) is 19.4 Å². The van der Waals surface area contributed by atoms with Crippen molar-refractivity contribution in [3.8, 4) is 0 Å². The molecule has 2 N–H and O–H groups in total. The van der Waals surface area contributed by atoms with E-state index in [1.54, 1.807) is 0 Å². The summed E-state index contributed by atoms with van der Waals surface area (Å²) in [6.45, 7) is 1.64. The van der Waals surface area contributed by atoms with E-state index in [2.05, 4.69) is 20.8 Å². The zero-order chi connectivity index (χ0) is 12.3. The van der Waals surface area contributed by atoms with Gasteiger partial charge in [-0.15, -0.1) is 10.2 Å². The third-order valence-corrected chi connectivity index (χ3v) is 3.52. The molecule has 1 atom stereocenters. The summed E-state index contributed by atoms with van der Waals surface area (Å²) < 4.78 is 36.7. The molecule has 1 aromatic rings. The largest absolute Gasteiger partial charge is 0.445 e. The van der Waals surface area contributed by atoms with Gasteiger partial charge in [-0.05, 0) is 25.8 Å². The first kappa shape index (κ1) is 12.6. The van der Waals surface area contributed by atoms with E-state index in [-0.39, 0.29) is 5.13 Å². The molecule has 0 aromatic carbocycles. The number of nitrogens with one attached hydrogen (secondary N) is 2. The standard InChI is InChI=1S/C9H13F3N4S/c10-9(11,12)7-15-16-8(17-7)14-5-3-6-2-1-4-13-6/h6,13H,1-5H2,(H,14,16)/t6-/m0/s1. The Bertz CT molecular complexity index is 359. The Labute approximate surface area is 101 Å². The van der Waals surface area contributed by atoms with Gasteiger partial charge in [0.25, 0.3) is 0 Å². The van der Waals surface area contributed by atoms with Gasteiger partial charge in [0.15, 0.2) is 0 Å². The second-order valence-corrected chi connectivity index (χ2v) is 4.90. The molecule has 0 bridgehead atoms. The molecule has 2 rings (SSSR count). The maximum Gasteiger partial charge on any atom is 0.445 e. The first-order valence-corrected chi connectivity index (χ1v) is 6.25. The molecule has 0 aliphatic carbocycles. The highest BCUT2D eigenvalue weighted by Crippen LogP contribution is 2.32. The molecule has 0 amide bonds. The SMILES string of the molecule is FC(F)(F)c1nnc(NCC[C@@H]2CCCN2)s1. The summed E-state index contributed by atoms with van der Waals surface area (Å²) in [6.07, 6.45) is -1.21. The van der Waals surface area contributed by atoms with Gasteiger partial charge in [-0.3, -0.25) is 0 Å². The lowest BCUT2D eigenvalue weighted by molar-refractivity contribution is -0.138. The highest BCUT2D eigenvalue weighted by Gasteiger charge is 2.35. The van der Waals surface area contributed by atoms with Crippen LogP contribution >= 0.6 is 11.3 Å². The van der Waals surface area contributed by atoms with E-state index in [1.807, 2.05) is 0 Å². The van der Waals surface area contributed by atoms with E-state index in [0.29, 0.717) is 23.9 Å². The van der Waals surface area contributed by atoms with E-state index in [9.17, 15) is 13.2 Å². The van der Waals surface area contributed by atoms with E-state index >= 15 is 0 Å². The molecule has 0 unspecified atom stereocenters. The Morgan fingerprint density at radius 1 is 1.41 bits per heavy atom. The highest BCUT2D eigenvalue weighted by atomic mass is 32.1. The van der Waals surface area contributed by atoms with E-state index < -0.39 is 11.2 Å². The molecule has 96 valence electrons. The molecular formula is C9H13F3N4S. The molecule has 0 radical (unpaired) electrons. The van der Waals surface area contributed by atoms with Crippen LogP contribution in [0.4, 0.5) is 18.3 Å². The molecule has 1 saturated heterocycles. The summed E-state index contributed by atoms with van der Waals surface area (Å²) in [5, 5.41) is 12.1. The number of alkyl halides is 3. The fourth-order valence-electron chi connectivity index (χ4n) is 1.77. The zero-order valence-corrected chi connectivity index (χ0v) is 9.87. The first-order chi connectivity index (χ1) is 8.05. The van der Waals surface area contributed by atoms with Crippen molar-refractivity contribution >= 4 is 16.5 Å².